The molecule has 7 heteroatoms. The van der Waals surface area contributed by atoms with Crippen LogP contribution in [0, 0.1) is 5.82 Å². The van der Waals surface area contributed by atoms with Gasteiger partial charge in [-0.2, -0.15) is 0 Å². The van der Waals surface area contributed by atoms with E-state index in [1.807, 2.05) is 0 Å². The van der Waals surface area contributed by atoms with Crippen molar-refractivity contribution in [1.29, 1.82) is 0 Å². The number of nitrogens with two attached hydrogens (primary N) is 1. The molecule has 0 aliphatic carbocycles. The smallest absolute Gasteiger partial charge is 0.229 e. The molecule has 2 atom stereocenters. The Labute approximate surface area is 143 Å². The van der Waals surface area contributed by atoms with Crippen LogP contribution >= 0.6 is 11.6 Å². The molecule has 2 unspecified atom stereocenters. The summed E-state index contributed by atoms with van der Waals surface area (Å²) >= 11 is 5.86. The normalized spacial score (nSPS) is 22.4. The molecular formula is C17H15ClFN3O2. The van der Waals surface area contributed by atoms with E-state index in [4.69, 9.17) is 17.3 Å². The van der Waals surface area contributed by atoms with Gasteiger partial charge in [0.25, 0.3) is 0 Å². The highest BCUT2D eigenvalue weighted by molar-refractivity contribution is 6.30. The fourth-order valence-electron chi connectivity index (χ4n) is 2.97. The van der Waals surface area contributed by atoms with Gasteiger partial charge < -0.3 is 11.1 Å². The van der Waals surface area contributed by atoms with Gasteiger partial charge in [0, 0.05) is 0 Å². The summed E-state index contributed by atoms with van der Waals surface area (Å²) in [6.45, 7) is 1.69. The molecule has 0 radical (unpaired) electrons. The highest BCUT2D eigenvalue weighted by atomic mass is 35.5. The SMILES string of the molecule is CC1(C(N)=O)CC(c2ccc(F)c(Cl)c2)Nc2ccc(C=O)nc21. The maximum Gasteiger partial charge on any atom is 0.229 e. The lowest BCUT2D eigenvalue weighted by atomic mass is 9.74. The van der Waals surface area contributed by atoms with E-state index in [0.29, 0.717) is 24.1 Å². The fourth-order valence-corrected chi connectivity index (χ4v) is 3.16. The number of carbonyl (C=O) groups excluding carboxylic acids is 2. The number of hydrogen-bond donors (Lipinski definition) is 2. The van der Waals surface area contributed by atoms with Crippen molar-refractivity contribution in [2.24, 2.45) is 5.73 Å². The molecule has 3 rings (SSSR count). The van der Waals surface area contributed by atoms with Gasteiger partial charge in [-0.15, -0.1) is 0 Å². The highest BCUT2D eigenvalue weighted by Crippen LogP contribution is 2.43. The molecule has 3 N–H and O–H groups in total. The van der Waals surface area contributed by atoms with Crippen LogP contribution < -0.4 is 11.1 Å². The molecule has 1 aliphatic rings. The van der Waals surface area contributed by atoms with E-state index in [1.54, 1.807) is 25.1 Å². The Kier molecular flexibility index (Phi) is 4.01. The molecule has 1 amide bonds. The number of rotatable bonds is 3. The van der Waals surface area contributed by atoms with Crippen LogP contribution in [0.2, 0.25) is 5.02 Å². The molecule has 124 valence electrons. The molecule has 0 saturated heterocycles. The van der Waals surface area contributed by atoms with Crippen molar-refractivity contribution in [3.8, 4) is 0 Å². The Morgan fingerprint density at radius 3 is 2.83 bits per heavy atom. The molecule has 1 aliphatic heterocycles. The predicted octanol–water partition coefficient (Wildman–Crippen LogP) is 2.99. The zero-order valence-electron chi connectivity index (χ0n) is 12.8. The molecule has 0 bridgehead atoms. The van der Waals surface area contributed by atoms with Crippen LogP contribution in [-0.4, -0.2) is 17.2 Å². The second-order valence-electron chi connectivity index (χ2n) is 6.02. The summed E-state index contributed by atoms with van der Waals surface area (Å²) < 4.78 is 13.4. The number of nitrogens with one attached hydrogen (secondary N) is 1. The molecule has 2 heterocycles. The first-order valence-corrected chi connectivity index (χ1v) is 7.71. The van der Waals surface area contributed by atoms with Crippen molar-refractivity contribution in [2.75, 3.05) is 5.32 Å². The first-order chi connectivity index (χ1) is 11.3. The van der Waals surface area contributed by atoms with Gasteiger partial charge in [-0.25, -0.2) is 9.37 Å². The van der Waals surface area contributed by atoms with Crippen molar-refractivity contribution >= 4 is 29.5 Å². The number of nitrogens with zero attached hydrogens (tertiary/aromatic N) is 1. The third kappa shape index (κ3) is 2.63. The number of halogens is 2. The number of hydrogen-bond acceptors (Lipinski definition) is 4. The number of amides is 1. The lowest BCUT2D eigenvalue weighted by molar-refractivity contribution is -0.123. The maximum atomic E-state index is 13.4. The number of primary amides is 1. The summed E-state index contributed by atoms with van der Waals surface area (Å²) in [5.74, 6) is -1.05. The minimum Gasteiger partial charge on any atom is -0.377 e. The van der Waals surface area contributed by atoms with Crippen molar-refractivity contribution < 1.29 is 14.0 Å². The Balaban J connectivity index is 2.09. The lowest BCUT2D eigenvalue weighted by Gasteiger charge is -2.38. The summed E-state index contributed by atoms with van der Waals surface area (Å²) in [6, 6.07) is 7.36. The molecule has 0 saturated carbocycles. The van der Waals surface area contributed by atoms with Gasteiger partial charge in [0.15, 0.2) is 6.29 Å². The molecule has 0 fully saturated rings. The maximum absolute atomic E-state index is 13.4. The van der Waals surface area contributed by atoms with Crippen LogP contribution in [0.1, 0.15) is 41.1 Å². The van der Waals surface area contributed by atoms with Gasteiger partial charge >= 0.3 is 0 Å². The third-order valence-corrected chi connectivity index (χ3v) is 4.68. The van der Waals surface area contributed by atoms with E-state index in [1.165, 1.54) is 12.1 Å². The Hall–Kier alpha value is -2.47. The topological polar surface area (TPSA) is 85.1 Å². The van der Waals surface area contributed by atoms with Gasteiger partial charge in [0.2, 0.25) is 5.91 Å². The number of aldehydes is 1. The average Bonchev–Trinajstić information content (AvgIpc) is 2.56. The van der Waals surface area contributed by atoms with Gasteiger partial charge in [-0.05, 0) is 43.2 Å². The number of benzene rings is 1. The quantitative estimate of drug-likeness (QED) is 0.836. The van der Waals surface area contributed by atoms with Crippen LogP contribution in [0.4, 0.5) is 10.1 Å². The summed E-state index contributed by atoms with van der Waals surface area (Å²) in [4.78, 5) is 27.3. The zero-order valence-corrected chi connectivity index (χ0v) is 13.6. The Morgan fingerprint density at radius 1 is 1.46 bits per heavy atom. The van der Waals surface area contributed by atoms with E-state index in [2.05, 4.69) is 10.3 Å². The monoisotopic (exact) mass is 347 g/mol. The number of aromatic nitrogens is 1. The Morgan fingerprint density at radius 2 is 2.21 bits per heavy atom. The molecule has 2 aromatic rings. The summed E-state index contributed by atoms with van der Waals surface area (Å²) in [7, 11) is 0. The van der Waals surface area contributed by atoms with Crippen molar-refractivity contribution in [1.82, 2.24) is 4.98 Å². The van der Waals surface area contributed by atoms with E-state index in [-0.39, 0.29) is 16.8 Å². The van der Waals surface area contributed by atoms with Crippen molar-refractivity contribution in [3.63, 3.8) is 0 Å². The Bertz CT molecular complexity index is 843. The minimum atomic E-state index is -1.06. The number of carbonyl (C=O) groups is 2. The molecule has 24 heavy (non-hydrogen) atoms. The largest absolute Gasteiger partial charge is 0.377 e. The van der Waals surface area contributed by atoms with Gasteiger partial charge in [0.05, 0.1) is 27.9 Å². The third-order valence-electron chi connectivity index (χ3n) is 4.39. The van der Waals surface area contributed by atoms with Crippen LogP contribution in [0.3, 0.4) is 0 Å². The van der Waals surface area contributed by atoms with E-state index >= 15 is 0 Å². The average molecular weight is 348 g/mol. The zero-order chi connectivity index (χ0) is 17.5. The van der Waals surface area contributed by atoms with Crippen molar-refractivity contribution in [3.05, 3.63) is 58.1 Å². The van der Waals surface area contributed by atoms with Gasteiger partial charge in [-0.1, -0.05) is 17.7 Å². The molecule has 1 aromatic heterocycles. The van der Waals surface area contributed by atoms with Gasteiger partial charge in [0.1, 0.15) is 11.5 Å². The summed E-state index contributed by atoms with van der Waals surface area (Å²) in [5, 5.41) is 3.26. The standard InChI is InChI=1S/C17H15ClFN3O2/c1-17(16(20)24)7-14(9-2-4-12(19)11(18)6-9)22-13-5-3-10(8-23)21-15(13)17/h2-6,8,14,22H,7H2,1H3,(H2,20,24). The first kappa shape index (κ1) is 16.4. The molecular weight excluding hydrogens is 333 g/mol. The fraction of sp³-hybridized carbons (Fsp3) is 0.235. The second-order valence-corrected chi connectivity index (χ2v) is 6.43. The van der Waals surface area contributed by atoms with E-state index in [9.17, 15) is 14.0 Å². The van der Waals surface area contributed by atoms with Crippen molar-refractivity contribution in [2.45, 2.75) is 24.8 Å². The lowest BCUT2D eigenvalue weighted by Crippen LogP contribution is -2.45. The first-order valence-electron chi connectivity index (χ1n) is 7.33. The summed E-state index contributed by atoms with van der Waals surface area (Å²) in [5.41, 5.74) is 6.56. The van der Waals surface area contributed by atoms with Gasteiger partial charge in [-0.3, -0.25) is 9.59 Å². The van der Waals surface area contributed by atoms with Crippen LogP contribution in [0.25, 0.3) is 0 Å². The van der Waals surface area contributed by atoms with E-state index in [0.717, 1.165) is 5.56 Å². The second kappa shape index (κ2) is 5.87. The number of anilines is 1. The highest BCUT2D eigenvalue weighted by Gasteiger charge is 2.43. The molecule has 1 aromatic carbocycles. The molecule has 0 spiro atoms. The van der Waals surface area contributed by atoms with Crippen LogP contribution in [0.5, 0.6) is 0 Å². The number of pyridine rings is 1. The van der Waals surface area contributed by atoms with E-state index < -0.39 is 17.1 Å². The van der Waals surface area contributed by atoms with Crippen LogP contribution in [-0.2, 0) is 10.2 Å². The number of fused-ring (bicyclic) bond motifs is 1. The predicted molar refractivity (Wildman–Crippen MR) is 88.6 cm³/mol. The minimum absolute atomic E-state index is 0.00954. The molecule has 5 nitrogen and oxygen atoms in total. The summed E-state index contributed by atoms with van der Waals surface area (Å²) in [6.07, 6.45) is 0.931. The van der Waals surface area contributed by atoms with Crippen LogP contribution in [0.15, 0.2) is 30.3 Å².